The quantitative estimate of drug-likeness (QED) is 0.494. The van der Waals surface area contributed by atoms with E-state index in [1.807, 2.05) is 38.4 Å². The molecule has 0 bridgehead atoms. The molecule has 1 aliphatic rings. The predicted molar refractivity (Wildman–Crippen MR) is 119 cm³/mol. The highest BCUT2D eigenvalue weighted by molar-refractivity contribution is 6.31. The summed E-state index contributed by atoms with van der Waals surface area (Å²) >= 11 is 0. The first-order valence-electron chi connectivity index (χ1n) is 9.07. The second-order valence-electron chi connectivity index (χ2n) is 7.22. The van der Waals surface area contributed by atoms with Crippen molar-refractivity contribution < 1.29 is 9.59 Å². The first kappa shape index (κ1) is 20.6. The van der Waals surface area contributed by atoms with Crippen molar-refractivity contribution >= 4 is 41.0 Å². The third-order valence-corrected chi connectivity index (χ3v) is 4.84. The van der Waals surface area contributed by atoms with Gasteiger partial charge in [0.25, 0.3) is 0 Å². The Morgan fingerprint density at radius 1 is 0.828 bits per heavy atom. The van der Waals surface area contributed by atoms with Gasteiger partial charge in [-0.1, -0.05) is 36.4 Å². The lowest BCUT2D eigenvalue weighted by Crippen LogP contribution is -2.23. The van der Waals surface area contributed by atoms with E-state index in [1.54, 1.807) is 36.4 Å². The van der Waals surface area contributed by atoms with Crippen molar-refractivity contribution in [3.05, 3.63) is 88.5 Å². The van der Waals surface area contributed by atoms with Crippen LogP contribution in [0, 0.1) is 0 Å². The van der Waals surface area contributed by atoms with Gasteiger partial charge in [-0.3, -0.25) is 9.59 Å². The van der Waals surface area contributed by atoms with Gasteiger partial charge in [0.2, 0.25) is 0 Å². The molecule has 1 aliphatic carbocycles. The number of anilines is 3. The zero-order chi connectivity index (χ0) is 19.8. The topological polar surface area (TPSA) is 75.4 Å². The summed E-state index contributed by atoms with van der Waals surface area (Å²) in [5, 5.41) is 3.28. The predicted octanol–water partition coefficient (Wildman–Crippen LogP) is 4.27. The normalized spacial score (nSPS) is 12.2. The fraction of sp³-hybridized carbons (Fsp3) is 0.130. The largest absolute Gasteiger partial charge is 0.398 e. The molecule has 0 heterocycles. The Bertz CT molecular complexity index is 1090. The lowest BCUT2D eigenvalue weighted by Gasteiger charge is -2.22. The van der Waals surface area contributed by atoms with Crippen LogP contribution >= 0.6 is 12.4 Å². The number of carbonyl (C=O) groups excluding carboxylic acids is 2. The van der Waals surface area contributed by atoms with Crippen LogP contribution in [0.15, 0.2) is 60.7 Å². The summed E-state index contributed by atoms with van der Waals surface area (Å²) < 4.78 is 0. The molecule has 0 radical (unpaired) electrons. The molecule has 0 aromatic heterocycles. The van der Waals surface area contributed by atoms with Gasteiger partial charge >= 0.3 is 0 Å². The Morgan fingerprint density at radius 3 is 2.00 bits per heavy atom. The molecule has 0 fully saturated rings. The van der Waals surface area contributed by atoms with E-state index in [0.29, 0.717) is 28.1 Å². The number of halogens is 1. The first-order chi connectivity index (χ1) is 13.5. The summed E-state index contributed by atoms with van der Waals surface area (Å²) in [4.78, 5) is 28.2. The van der Waals surface area contributed by atoms with Crippen LogP contribution < -0.4 is 11.1 Å². The molecular weight excluding hydrogens is 386 g/mol. The maximum atomic E-state index is 13.1. The van der Waals surface area contributed by atoms with Crippen LogP contribution in [-0.2, 0) is 6.54 Å². The van der Waals surface area contributed by atoms with Gasteiger partial charge in [-0.05, 0) is 43.9 Å². The molecule has 3 aromatic carbocycles. The van der Waals surface area contributed by atoms with Crippen molar-refractivity contribution in [3.63, 3.8) is 0 Å². The standard InChI is InChI=1S/C23H21N3O2.ClH/c1-26(2)13-14-7-9-15(10-8-14)25-19-12-11-18(24)20-21(19)23(28)17-6-4-3-5-16(17)22(20)27;/h3-12,25H,13,24H2,1-2H3;1H. The smallest absolute Gasteiger partial charge is 0.196 e. The van der Waals surface area contributed by atoms with E-state index in [9.17, 15) is 9.59 Å². The number of benzene rings is 3. The van der Waals surface area contributed by atoms with E-state index in [1.165, 1.54) is 5.56 Å². The molecule has 0 saturated carbocycles. The molecule has 0 unspecified atom stereocenters. The molecule has 6 heteroatoms. The van der Waals surface area contributed by atoms with Crippen LogP contribution in [-0.4, -0.2) is 30.6 Å². The maximum absolute atomic E-state index is 13.1. The van der Waals surface area contributed by atoms with E-state index < -0.39 is 0 Å². The Morgan fingerprint density at radius 2 is 1.41 bits per heavy atom. The van der Waals surface area contributed by atoms with Crippen molar-refractivity contribution in [2.45, 2.75) is 6.54 Å². The fourth-order valence-electron chi connectivity index (χ4n) is 3.57. The van der Waals surface area contributed by atoms with Gasteiger partial charge in [0.05, 0.1) is 16.8 Å². The molecule has 148 valence electrons. The molecule has 0 amide bonds. The van der Waals surface area contributed by atoms with E-state index in [2.05, 4.69) is 10.2 Å². The minimum absolute atomic E-state index is 0. The number of fused-ring (bicyclic) bond motifs is 2. The summed E-state index contributed by atoms with van der Waals surface area (Å²) in [7, 11) is 4.04. The lowest BCUT2D eigenvalue weighted by atomic mass is 9.82. The molecule has 4 rings (SSSR count). The SMILES string of the molecule is CN(C)Cc1ccc(Nc2ccc(N)c3c2C(=O)c2ccccc2C3=O)cc1.Cl. The Kier molecular flexibility index (Phi) is 5.73. The highest BCUT2D eigenvalue weighted by Crippen LogP contribution is 2.36. The van der Waals surface area contributed by atoms with Gasteiger partial charge in [0, 0.05) is 29.0 Å². The highest BCUT2D eigenvalue weighted by Gasteiger charge is 2.33. The molecule has 3 N–H and O–H groups in total. The minimum atomic E-state index is -0.215. The summed E-state index contributed by atoms with van der Waals surface area (Å²) in [6.45, 7) is 0.849. The molecule has 0 spiro atoms. The van der Waals surface area contributed by atoms with Crippen molar-refractivity contribution in [1.82, 2.24) is 4.90 Å². The Hall–Kier alpha value is -3.15. The van der Waals surface area contributed by atoms with Gasteiger partial charge < -0.3 is 16.0 Å². The van der Waals surface area contributed by atoms with Crippen LogP contribution in [0.5, 0.6) is 0 Å². The monoisotopic (exact) mass is 407 g/mol. The number of nitrogens with one attached hydrogen (secondary N) is 1. The van der Waals surface area contributed by atoms with E-state index >= 15 is 0 Å². The van der Waals surface area contributed by atoms with Crippen molar-refractivity contribution in [3.8, 4) is 0 Å². The lowest BCUT2D eigenvalue weighted by molar-refractivity contribution is 0.0980. The van der Waals surface area contributed by atoms with Crippen LogP contribution in [0.4, 0.5) is 17.1 Å². The van der Waals surface area contributed by atoms with Crippen LogP contribution in [0.3, 0.4) is 0 Å². The number of nitrogens with zero attached hydrogens (tertiary/aromatic N) is 1. The molecule has 29 heavy (non-hydrogen) atoms. The second-order valence-corrected chi connectivity index (χ2v) is 7.22. The molecule has 0 saturated heterocycles. The Balaban J connectivity index is 0.00000240. The number of nitrogen functional groups attached to an aromatic ring is 1. The van der Waals surface area contributed by atoms with Gasteiger partial charge in [-0.2, -0.15) is 0 Å². The summed E-state index contributed by atoms with van der Waals surface area (Å²) in [5.41, 5.74) is 10.4. The van der Waals surface area contributed by atoms with Crippen molar-refractivity contribution in [1.29, 1.82) is 0 Å². The molecule has 0 atom stereocenters. The molecule has 3 aromatic rings. The highest BCUT2D eigenvalue weighted by atomic mass is 35.5. The second kappa shape index (κ2) is 8.07. The molecular formula is C23H22ClN3O2. The number of rotatable bonds is 4. The number of ketones is 2. The number of hydrogen-bond acceptors (Lipinski definition) is 5. The van der Waals surface area contributed by atoms with Gasteiger partial charge in [0.1, 0.15) is 0 Å². The zero-order valence-electron chi connectivity index (χ0n) is 16.2. The van der Waals surface area contributed by atoms with Crippen LogP contribution in [0.1, 0.15) is 37.4 Å². The van der Waals surface area contributed by atoms with Crippen LogP contribution in [0.2, 0.25) is 0 Å². The van der Waals surface area contributed by atoms with Crippen molar-refractivity contribution in [2.24, 2.45) is 0 Å². The molecule has 0 aliphatic heterocycles. The van der Waals surface area contributed by atoms with E-state index in [-0.39, 0.29) is 29.5 Å². The number of carbonyl (C=O) groups is 2. The third-order valence-electron chi connectivity index (χ3n) is 4.84. The summed E-state index contributed by atoms with van der Waals surface area (Å²) in [6, 6.07) is 18.3. The van der Waals surface area contributed by atoms with Gasteiger partial charge in [-0.25, -0.2) is 0 Å². The number of hydrogen-bond donors (Lipinski definition) is 2. The molecule has 5 nitrogen and oxygen atoms in total. The van der Waals surface area contributed by atoms with Gasteiger partial charge in [0.15, 0.2) is 11.6 Å². The zero-order valence-corrected chi connectivity index (χ0v) is 17.0. The Labute approximate surface area is 175 Å². The van der Waals surface area contributed by atoms with Crippen LogP contribution in [0.25, 0.3) is 0 Å². The minimum Gasteiger partial charge on any atom is -0.398 e. The average Bonchev–Trinajstić information content (AvgIpc) is 2.68. The van der Waals surface area contributed by atoms with Gasteiger partial charge in [-0.15, -0.1) is 12.4 Å². The average molecular weight is 408 g/mol. The van der Waals surface area contributed by atoms with E-state index in [4.69, 9.17) is 5.73 Å². The third kappa shape index (κ3) is 3.75. The maximum Gasteiger partial charge on any atom is 0.196 e. The summed E-state index contributed by atoms with van der Waals surface area (Å²) in [5.74, 6) is -0.406. The number of nitrogens with two attached hydrogens (primary N) is 1. The van der Waals surface area contributed by atoms with E-state index in [0.717, 1.165) is 12.2 Å². The summed E-state index contributed by atoms with van der Waals surface area (Å²) in [6.07, 6.45) is 0. The first-order valence-corrected chi connectivity index (χ1v) is 9.07. The van der Waals surface area contributed by atoms with Crippen molar-refractivity contribution in [2.75, 3.05) is 25.1 Å². The fourth-order valence-corrected chi connectivity index (χ4v) is 3.57.